The number of methoxy groups -OCH3 is 2. The lowest BCUT2D eigenvalue weighted by atomic mass is 9.90. The number of fused-ring (bicyclic) bond motifs is 1. The molecule has 2 aromatic rings. The van der Waals surface area contributed by atoms with E-state index in [-0.39, 0.29) is 30.8 Å². The van der Waals surface area contributed by atoms with E-state index in [9.17, 15) is 14.4 Å². The minimum absolute atomic E-state index is 0.0284. The third kappa shape index (κ3) is 7.01. The molecule has 0 unspecified atom stereocenters. The van der Waals surface area contributed by atoms with E-state index in [2.05, 4.69) is 15.3 Å². The third-order valence-corrected chi connectivity index (χ3v) is 9.02. The van der Waals surface area contributed by atoms with Gasteiger partial charge >= 0.3 is 18.0 Å². The molecule has 5 rings (SSSR count). The molecule has 1 aliphatic heterocycles. The van der Waals surface area contributed by atoms with Crippen molar-refractivity contribution in [1.29, 1.82) is 0 Å². The Bertz CT molecular complexity index is 1440. The number of benzene rings is 2. The third-order valence-electron chi connectivity index (χ3n) is 7.79. The molecule has 2 saturated carbocycles. The van der Waals surface area contributed by atoms with Crippen LogP contribution in [-0.2, 0) is 37.0 Å². The van der Waals surface area contributed by atoms with Crippen molar-refractivity contribution in [2.75, 3.05) is 20.8 Å². The molecule has 3 aliphatic rings. The monoisotopic (exact) mass is 623 g/mol. The first kappa shape index (κ1) is 31.4. The van der Waals surface area contributed by atoms with Gasteiger partial charge < -0.3 is 29.0 Å². The number of hydrogen-bond donors (Lipinski definition) is 1. The normalized spacial score (nSPS) is 25.0. The van der Waals surface area contributed by atoms with Gasteiger partial charge in [0.1, 0.15) is 35.9 Å². The summed E-state index contributed by atoms with van der Waals surface area (Å²) in [6.07, 6.45) is 1.15. The number of rotatable bonds is 10. The van der Waals surface area contributed by atoms with E-state index in [0.717, 1.165) is 11.1 Å². The van der Waals surface area contributed by atoms with E-state index in [1.165, 1.54) is 11.8 Å². The van der Waals surface area contributed by atoms with Crippen LogP contribution >= 0.6 is 11.8 Å². The number of hydrogen-bond acceptors (Lipinski definition) is 11. The van der Waals surface area contributed by atoms with Crippen molar-refractivity contribution in [3.05, 3.63) is 59.7 Å². The van der Waals surface area contributed by atoms with Gasteiger partial charge in [0.25, 0.3) is 0 Å². The van der Waals surface area contributed by atoms with Crippen LogP contribution < -0.4 is 14.8 Å². The Kier molecular flexibility index (Phi) is 9.19. The molecule has 1 heterocycles. The zero-order valence-corrected chi connectivity index (χ0v) is 26.2. The molecular weight excluding hydrogens is 586 g/mol. The Morgan fingerprint density at radius 3 is 2.05 bits per heavy atom. The summed E-state index contributed by atoms with van der Waals surface area (Å²) < 4.78 is 27.5. The number of ether oxygens (including phenoxy) is 5. The fourth-order valence-corrected chi connectivity index (χ4v) is 7.19. The summed E-state index contributed by atoms with van der Waals surface area (Å²) in [5.41, 5.74) is -0.794. The lowest BCUT2D eigenvalue weighted by Gasteiger charge is -2.33. The molecule has 5 atom stereocenters. The second-order valence-corrected chi connectivity index (χ2v) is 13.1. The van der Waals surface area contributed by atoms with Crippen LogP contribution in [0, 0.1) is 17.8 Å². The molecule has 0 spiro atoms. The van der Waals surface area contributed by atoms with Crippen LogP contribution in [-0.4, -0.2) is 66.6 Å². The van der Waals surface area contributed by atoms with Crippen molar-refractivity contribution in [3.63, 3.8) is 0 Å². The largest absolute Gasteiger partial charge is 0.497 e. The van der Waals surface area contributed by atoms with Gasteiger partial charge in [-0.05, 0) is 68.5 Å². The number of carbonyl (C=O) groups is 3. The first-order valence-corrected chi connectivity index (χ1v) is 15.3. The first-order valence-electron chi connectivity index (χ1n) is 14.4. The van der Waals surface area contributed by atoms with Crippen LogP contribution in [0.3, 0.4) is 0 Å². The Morgan fingerprint density at radius 2 is 1.52 bits per heavy atom. The van der Waals surface area contributed by atoms with E-state index in [1.807, 2.05) is 12.1 Å². The number of amides is 1. The fourth-order valence-electron chi connectivity index (χ4n) is 5.79. The number of nitrogens with zero attached hydrogens (tertiary/aromatic N) is 2. The van der Waals surface area contributed by atoms with Gasteiger partial charge in [-0.3, -0.25) is 9.79 Å². The fraction of sp³-hybridized carbons (Fsp3) is 0.469. The van der Waals surface area contributed by atoms with E-state index in [1.54, 1.807) is 77.6 Å². The average Bonchev–Trinajstić information content (AvgIpc) is 3.39. The molecule has 1 N–H and O–H groups in total. The van der Waals surface area contributed by atoms with E-state index in [4.69, 9.17) is 23.7 Å². The number of thioether (sulfide) groups is 1. The molecule has 2 aromatic carbocycles. The molecular formula is C32H37N3O8S. The maximum atomic E-state index is 14.0. The van der Waals surface area contributed by atoms with Crippen molar-refractivity contribution in [2.45, 2.75) is 56.8 Å². The molecule has 0 saturated heterocycles. The van der Waals surface area contributed by atoms with Crippen LogP contribution in [0.25, 0.3) is 0 Å². The summed E-state index contributed by atoms with van der Waals surface area (Å²) in [6.45, 7) is 5.72. The molecule has 11 nitrogen and oxygen atoms in total. The van der Waals surface area contributed by atoms with Crippen LogP contribution in [0.2, 0.25) is 0 Å². The van der Waals surface area contributed by atoms with Crippen molar-refractivity contribution in [1.82, 2.24) is 5.32 Å². The molecule has 2 fully saturated rings. The highest BCUT2D eigenvalue weighted by molar-refractivity contribution is 8.14. The zero-order chi connectivity index (χ0) is 31.5. The average molecular weight is 624 g/mol. The quantitative estimate of drug-likeness (QED) is 0.299. The summed E-state index contributed by atoms with van der Waals surface area (Å²) in [6, 6.07) is 14.4. The molecule has 0 aromatic heterocycles. The SMILES string of the molecule is COc1ccc(COC(=O)[C@H]2[C@H]3[C@@H]2[C@](NC(=O)OC(C)(C)C)(C(=O)OCc2ccc(OC)cc2)C[C@@H]3SC2=NCC=N2)cc1. The van der Waals surface area contributed by atoms with Crippen LogP contribution in [0.15, 0.2) is 58.5 Å². The van der Waals surface area contributed by atoms with Gasteiger partial charge in [-0.25, -0.2) is 14.6 Å². The summed E-state index contributed by atoms with van der Waals surface area (Å²) in [5, 5.41) is 3.17. The number of nitrogens with one attached hydrogen (secondary N) is 1. The predicted molar refractivity (Wildman–Crippen MR) is 165 cm³/mol. The van der Waals surface area contributed by atoms with Gasteiger partial charge in [0.2, 0.25) is 0 Å². The molecule has 12 heteroatoms. The van der Waals surface area contributed by atoms with Crippen LogP contribution in [0.5, 0.6) is 11.5 Å². The van der Waals surface area contributed by atoms with Gasteiger partial charge in [-0.15, -0.1) is 0 Å². The predicted octanol–water partition coefficient (Wildman–Crippen LogP) is 4.56. The number of aliphatic imine (C=N–C) groups is 2. The van der Waals surface area contributed by atoms with Gasteiger partial charge in [0, 0.05) is 17.4 Å². The Morgan fingerprint density at radius 1 is 0.932 bits per heavy atom. The van der Waals surface area contributed by atoms with E-state index >= 15 is 0 Å². The number of carbonyl (C=O) groups excluding carboxylic acids is 3. The van der Waals surface area contributed by atoms with Crippen LogP contribution in [0.1, 0.15) is 38.3 Å². The standard InChI is InChI=1S/C32H37N3O8S/c1-31(2,3)43-30(38)35-32(28(37)42-18-20-8-12-22(40-5)13-9-20)16-23(44-29-33-14-15-34-29)24-25(26(24)32)27(36)41-17-19-6-10-21(39-4)11-7-19/h6-14,23-26H,15-18H2,1-5H3,(H,35,38)/t23-,24-,25-,26-,32-/m0/s1. The second kappa shape index (κ2) is 12.9. The van der Waals surface area contributed by atoms with Crippen LogP contribution in [0.4, 0.5) is 4.79 Å². The number of alkyl carbamates (subject to hydrolysis) is 1. The van der Waals surface area contributed by atoms with Gasteiger partial charge in [0.15, 0.2) is 5.17 Å². The zero-order valence-electron chi connectivity index (χ0n) is 25.4. The van der Waals surface area contributed by atoms with Gasteiger partial charge in [0.05, 0.1) is 26.7 Å². The Balaban J connectivity index is 1.39. The molecule has 44 heavy (non-hydrogen) atoms. The molecule has 0 bridgehead atoms. The van der Waals surface area contributed by atoms with Crippen molar-refractivity contribution >= 4 is 41.2 Å². The smallest absolute Gasteiger partial charge is 0.408 e. The second-order valence-electron chi connectivity index (χ2n) is 11.9. The van der Waals surface area contributed by atoms with Crippen molar-refractivity contribution in [3.8, 4) is 11.5 Å². The first-order chi connectivity index (χ1) is 21.0. The highest BCUT2D eigenvalue weighted by Gasteiger charge is 2.76. The summed E-state index contributed by atoms with van der Waals surface area (Å²) >= 11 is 1.40. The Hall–Kier alpha value is -4.06. The topological polar surface area (TPSA) is 134 Å². The highest BCUT2D eigenvalue weighted by atomic mass is 32.2. The number of esters is 2. The number of amidine groups is 1. The molecule has 0 radical (unpaired) electrons. The minimum atomic E-state index is -1.52. The van der Waals surface area contributed by atoms with Crippen molar-refractivity contribution < 1.29 is 38.1 Å². The van der Waals surface area contributed by atoms with E-state index in [0.29, 0.717) is 23.2 Å². The maximum Gasteiger partial charge on any atom is 0.408 e. The van der Waals surface area contributed by atoms with E-state index < -0.39 is 41.0 Å². The molecule has 1 amide bonds. The van der Waals surface area contributed by atoms with Gasteiger partial charge in [-0.2, -0.15) is 0 Å². The summed E-state index contributed by atoms with van der Waals surface area (Å²) in [5.74, 6) is -1.20. The Labute approximate surface area is 260 Å². The minimum Gasteiger partial charge on any atom is -0.497 e. The lowest BCUT2D eigenvalue weighted by molar-refractivity contribution is -0.155. The van der Waals surface area contributed by atoms with Crippen molar-refractivity contribution in [2.24, 2.45) is 27.7 Å². The highest BCUT2D eigenvalue weighted by Crippen LogP contribution is 2.66. The molecule has 2 aliphatic carbocycles. The summed E-state index contributed by atoms with van der Waals surface area (Å²) in [7, 11) is 3.15. The maximum absolute atomic E-state index is 14.0. The summed E-state index contributed by atoms with van der Waals surface area (Å²) in [4.78, 5) is 49.5. The molecule has 234 valence electrons. The lowest BCUT2D eigenvalue weighted by Crippen LogP contribution is -2.58. The van der Waals surface area contributed by atoms with Gasteiger partial charge in [-0.1, -0.05) is 36.0 Å².